The summed E-state index contributed by atoms with van der Waals surface area (Å²) in [5, 5.41) is 4.92. The van der Waals surface area contributed by atoms with Crippen LogP contribution in [0.2, 0.25) is 5.02 Å². The van der Waals surface area contributed by atoms with E-state index in [1.54, 1.807) is 23.7 Å². The Morgan fingerprint density at radius 1 is 1.39 bits per heavy atom. The van der Waals surface area contributed by atoms with Crippen LogP contribution in [0.5, 0.6) is 0 Å². The van der Waals surface area contributed by atoms with Crippen LogP contribution in [0.4, 0.5) is 4.39 Å². The highest BCUT2D eigenvalue weighted by atomic mass is 35.5. The maximum absolute atomic E-state index is 13.9. The summed E-state index contributed by atoms with van der Waals surface area (Å²) in [5.41, 5.74) is 8.41. The standard InChI is InChI=1S/C13H15ClFN3/c1-7(16)12-10(15)5-4-6-11(12)18-9(3)13(14)8(2)17-18/h4-7H,16H2,1-3H3/t7-/m0/s1. The third kappa shape index (κ3) is 2.02. The number of rotatable bonds is 2. The molecule has 96 valence electrons. The Morgan fingerprint density at radius 3 is 2.56 bits per heavy atom. The predicted molar refractivity (Wildman–Crippen MR) is 70.6 cm³/mol. The molecule has 0 radical (unpaired) electrons. The van der Waals surface area contributed by atoms with E-state index in [1.807, 2.05) is 13.8 Å². The average Bonchev–Trinajstić information content (AvgIpc) is 2.56. The fourth-order valence-electron chi connectivity index (χ4n) is 2.02. The zero-order valence-electron chi connectivity index (χ0n) is 10.5. The Labute approximate surface area is 110 Å². The summed E-state index contributed by atoms with van der Waals surface area (Å²) in [6.45, 7) is 5.41. The average molecular weight is 268 g/mol. The number of benzene rings is 1. The van der Waals surface area contributed by atoms with Crippen LogP contribution in [-0.2, 0) is 0 Å². The minimum Gasteiger partial charge on any atom is -0.324 e. The van der Waals surface area contributed by atoms with Crippen LogP contribution >= 0.6 is 11.6 Å². The first-order valence-electron chi connectivity index (χ1n) is 5.69. The van der Waals surface area contributed by atoms with Crippen LogP contribution in [0.3, 0.4) is 0 Å². The first-order chi connectivity index (χ1) is 8.43. The molecule has 0 saturated carbocycles. The van der Waals surface area contributed by atoms with Crippen LogP contribution in [0.15, 0.2) is 18.2 Å². The zero-order valence-corrected chi connectivity index (χ0v) is 11.3. The number of nitrogens with two attached hydrogens (primary N) is 1. The molecule has 1 aromatic carbocycles. The van der Waals surface area contributed by atoms with Gasteiger partial charge in [-0.2, -0.15) is 5.10 Å². The third-order valence-corrected chi connectivity index (χ3v) is 3.46. The maximum atomic E-state index is 13.9. The van der Waals surface area contributed by atoms with Crippen molar-refractivity contribution in [1.82, 2.24) is 9.78 Å². The number of hydrogen-bond acceptors (Lipinski definition) is 2. The quantitative estimate of drug-likeness (QED) is 0.907. The van der Waals surface area contributed by atoms with Crippen molar-refractivity contribution in [3.63, 3.8) is 0 Å². The molecule has 1 aromatic heterocycles. The van der Waals surface area contributed by atoms with Crippen LogP contribution in [0, 0.1) is 19.7 Å². The molecule has 18 heavy (non-hydrogen) atoms. The molecule has 2 rings (SSSR count). The zero-order chi connectivity index (χ0) is 13.4. The van der Waals surface area contributed by atoms with Gasteiger partial charge in [-0.1, -0.05) is 17.7 Å². The fourth-order valence-corrected chi connectivity index (χ4v) is 2.14. The van der Waals surface area contributed by atoms with Gasteiger partial charge in [-0.3, -0.25) is 0 Å². The Morgan fingerprint density at radius 2 is 2.06 bits per heavy atom. The molecule has 0 spiro atoms. The number of aryl methyl sites for hydroxylation is 1. The van der Waals surface area contributed by atoms with Crippen LogP contribution in [0.1, 0.15) is 29.9 Å². The third-order valence-electron chi connectivity index (χ3n) is 2.92. The molecule has 5 heteroatoms. The van der Waals surface area contributed by atoms with Crippen molar-refractivity contribution in [1.29, 1.82) is 0 Å². The summed E-state index contributed by atoms with van der Waals surface area (Å²) < 4.78 is 15.5. The molecular formula is C13H15ClFN3. The van der Waals surface area contributed by atoms with E-state index in [1.165, 1.54) is 6.07 Å². The molecule has 0 aliphatic heterocycles. The molecule has 0 fully saturated rings. The Hall–Kier alpha value is -1.39. The molecule has 0 amide bonds. The van der Waals surface area contributed by atoms with E-state index in [0.717, 1.165) is 5.69 Å². The molecule has 0 aliphatic rings. The molecule has 3 nitrogen and oxygen atoms in total. The number of halogens is 2. The second-order valence-electron chi connectivity index (χ2n) is 4.36. The van der Waals surface area contributed by atoms with Gasteiger partial charge < -0.3 is 5.73 Å². The molecule has 2 aromatic rings. The summed E-state index contributed by atoms with van der Waals surface area (Å²) in [6, 6.07) is 4.41. The van der Waals surface area contributed by atoms with E-state index in [0.29, 0.717) is 22.0 Å². The van der Waals surface area contributed by atoms with Crippen molar-refractivity contribution < 1.29 is 4.39 Å². The molecular weight excluding hydrogens is 253 g/mol. The van der Waals surface area contributed by atoms with E-state index in [-0.39, 0.29) is 5.82 Å². The maximum Gasteiger partial charge on any atom is 0.130 e. The molecule has 0 saturated heterocycles. The molecule has 2 N–H and O–H groups in total. The van der Waals surface area contributed by atoms with Gasteiger partial charge >= 0.3 is 0 Å². The fraction of sp³-hybridized carbons (Fsp3) is 0.308. The molecule has 0 aliphatic carbocycles. The highest BCUT2D eigenvalue weighted by molar-refractivity contribution is 6.31. The number of hydrogen-bond donors (Lipinski definition) is 1. The van der Waals surface area contributed by atoms with Gasteiger partial charge in [-0.25, -0.2) is 9.07 Å². The second kappa shape index (κ2) is 4.71. The van der Waals surface area contributed by atoms with Crippen molar-refractivity contribution >= 4 is 11.6 Å². The first kappa shape index (κ1) is 13.1. The highest BCUT2D eigenvalue weighted by Crippen LogP contribution is 2.27. The lowest BCUT2D eigenvalue weighted by Crippen LogP contribution is -2.13. The molecule has 1 heterocycles. The summed E-state index contributed by atoms with van der Waals surface area (Å²) in [6.07, 6.45) is 0. The lowest BCUT2D eigenvalue weighted by molar-refractivity contribution is 0.588. The summed E-state index contributed by atoms with van der Waals surface area (Å²) in [4.78, 5) is 0. The van der Waals surface area contributed by atoms with Gasteiger partial charge in [0.2, 0.25) is 0 Å². The Balaban J connectivity index is 2.71. The van der Waals surface area contributed by atoms with E-state index in [9.17, 15) is 4.39 Å². The highest BCUT2D eigenvalue weighted by Gasteiger charge is 2.18. The second-order valence-corrected chi connectivity index (χ2v) is 4.74. The lowest BCUT2D eigenvalue weighted by Gasteiger charge is -2.14. The minimum atomic E-state index is -0.413. The number of nitrogens with zero attached hydrogens (tertiary/aromatic N) is 2. The van der Waals surface area contributed by atoms with Crippen molar-refractivity contribution in [3.8, 4) is 5.69 Å². The van der Waals surface area contributed by atoms with E-state index in [2.05, 4.69) is 5.10 Å². The summed E-state index contributed by atoms with van der Waals surface area (Å²) >= 11 is 6.11. The van der Waals surface area contributed by atoms with Gasteiger partial charge in [0, 0.05) is 11.6 Å². The lowest BCUT2D eigenvalue weighted by atomic mass is 10.1. The van der Waals surface area contributed by atoms with Crippen molar-refractivity contribution in [2.45, 2.75) is 26.8 Å². The van der Waals surface area contributed by atoms with Crippen molar-refractivity contribution in [2.24, 2.45) is 5.73 Å². The van der Waals surface area contributed by atoms with Gasteiger partial charge in [0.1, 0.15) is 5.82 Å². The summed E-state index contributed by atoms with van der Waals surface area (Å²) in [7, 11) is 0. The minimum absolute atomic E-state index is 0.328. The molecule has 0 unspecified atom stereocenters. The Bertz CT molecular complexity index is 590. The number of aromatic nitrogens is 2. The predicted octanol–water partition coefficient (Wildman–Crippen LogP) is 3.30. The smallest absolute Gasteiger partial charge is 0.130 e. The van der Waals surface area contributed by atoms with Crippen molar-refractivity contribution in [3.05, 3.63) is 46.0 Å². The topological polar surface area (TPSA) is 43.8 Å². The molecule has 1 atom stereocenters. The van der Waals surface area contributed by atoms with Crippen LogP contribution in [-0.4, -0.2) is 9.78 Å². The van der Waals surface area contributed by atoms with Gasteiger partial charge in [0.05, 0.1) is 22.1 Å². The largest absolute Gasteiger partial charge is 0.324 e. The van der Waals surface area contributed by atoms with Gasteiger partial charge in [-0.15, -0.1) is 0 Å². The Kier molecular flexibility index (Phi) is 3.41. The monoisotopic (exact) mass is 267 g/mol. The van der Waals surface area contributed by atoms with Gasteiger partial charge in [0.15, 0.2) is 0 Å². The normalized spacial score (nSPS) is 12.8. The van der Waals surface area contributed by atoms with Gasteiger partial charge in [0.25, 0.3) is 0 Å². The van der Waals surface area contributed by atoms with Gasteiger partial charge in [-0.05, 0) is 32.9 Å². The van der Waals surface area contributed by atoms with Crippen LogP contribution < -0.4 is 5.73 Å². The SMILES string of the molecule is Cc1nn(-c2cccc(F)c2[C@H](C)N)c(C)c1Cl. The van der Waals surface area contributed by atoms with Crippen LogP contribution in [0.25, 0.3) is 5.69 Å². The van der Waals surface area contributed by atoms with Crippen molar-refractivity contribution in [2.75, 3.05) is 0 Å². The summed E-state index contributed by atoms with van der Waals surface area (Å²) in [5.74, 6) is -0.328. The molecule has 0 bridgehead atoms. The van der Waals surface area contributed by atoms with E-state index in [4.69, 9.17) is 17.3 Å². The van der Waals surface area contributed by atoms with E-state index < -0.39 is 6.04 Å². The first-order valence-corrected chi connectivity index (χ1v) is 6.07. The van der Waals surface area contributed by atoms with E-state index >= 15 is 0 Å².